The topological polar surface area (TPSA) is 64.3 Å². The van der Waals surface area contributed by atoms with Gasteiger partial charge in [-0.25, -0.2) is 0 Å². The lowest BCUT2D eigenvalue weighted by molar-refractivity contribution is -0.131. The lowest BCUT2D eigenvalue weighted by Crippen LogP contribution is -2.45. The van der Waals surface area contributed by atoms with Gasteiger partial charge in [0.15, 0.2) is 0 Å². The maximum atomic E-state index is 12.5. The molecule has 0 atom stereocenters. The Morgan fingerprint density at radius 3 is 2.43 bits per heavy atom. The van der Waals surface area contributed by atoms with Crippen molar-refractivity contribution >= 4 is 18.3 Å². The van der Waals surface area contributed by atoms with E-state index in [-0.39, 0.29) is 18.3 Å². The molecule has 5 heteroatoms. The molecule has 1 amide bonds. The molecule has 0 fully saturated rings. The molecule has 0 radical (unpaired) electrons. The molecule has 1 rings (SSSR count). The Hall–Kier alpha value is -1.26. The number of rotatable bonds is 9. The smallest absolute Gasteiger partial charge is 0.227 e. The Morgan fingerprint density at radius 1 is 1.26 bits per heavy atom. The summed E-state index contributed by atoms with van der Waals surface area (Å²) in [7, 11) is 0. The second-order valence-electron chi connectivity index (χ2n) is 5.83. The van der Waals surface area contributed by atoms with E-state index < -0.39 is 5.41 Å². The summed E-state index contributed by atoms with van der Waals surface area (Å²) in [5, 5.41) is 3.03. The molecule has 0 bridgehead atoms. The molecular formula is C18H31ClN2O2. The van der Waals surface area contributed by atoms with E-state index in [4.69, 9.17) is 10.5 Å². The molecule has 0 aliphatic carbocycles. The second kappa shape index (κ2) is 10.5. The highest BCUT2D eigenvalue weighted by Crippen LogP contribution is 2.26. The van der Waals surface area contributed by atoms with E-state index >= 15 is 0 Å². The number of benzene rings is 1. The number of halogens is 1. The van der Waals surface area contributed by atoms with Crippen molar-refractivity contribution in [3.8, 4) is 5.75 Å². The van der Waals surface area contributed by atoms with Gasteiger partial charge in [0.25, 0.3) is 0 Å². The normalized spacial score (nSPS) is 10.8. The van der Waals surface area contributed by atoms with E-state index in [1.165, 1.54) is 0 Å². The van der Waals surface area contributed by atoms with Gasteiger partial charge in [0.2, 0.25) is 5.91 Å². The van der Waals surface area contributed by atoms with Gasteiger partial charge >= 0.3 is 0 Å². The van der Waals surface area contributed by atoms with Gasteiger partial charge in [0.05, 0.1) is 12.0 Å². The minimum atomic E-state index is -0.463. The molecule has 0 spiro atoms. The maximum Gasteiger partial charge on any atom is 0.227 e. The van der Waals surface area contributed by atoms with Crippen molar-refractivity contribution in [2.75, 3.05) is 13.2 Å². The van der Waals surface area contributed by atoms with Gasteiger partial charge < -0.3 is 15.8 Å². The Balaban J connectivity index is 0.00000484. The van der Waals surface area contributed by atoms with Crippen LogP contribution in [0.1, 0.15) is 51.2 Å². The van der Waals surface area contributed by atoms with Crippen LogP contribution in [0, 0.1) is 12.3 Å². The summed E-state index contributed by atoms with van der Waals surface area (Å²) >= 11 is 0. The third kappa shape index (κ3) is 5.70. The monoisotopic (exact) mass is 342 g/mol. The highest BCUT2D eigenvalue weighted by atomic mass is 35.5. The van der Waals surface area contributed by atoms with E-state index in [0.717, 1.165) is 36.1 Å². The van der Waals surface area contributed by atoms with Crippen molar-refractivity contribution in [2.45, 2.75) is 53.5 Å². The number of ether oxygens (including phenoxy) is 1. The zero-order valence-corrected chi connectivity index (χ0v) is 15.6. The molecular weight excluding hydrogens is 312 g/mol. The van der Waals surface area contributed by atoms with Crippen LogP contribution in [0.4, 0.5) is 0 Å². The van der Waals surface area contributed by atoms with Crippen LogP contribution in [-0.2, 0) is 11.3 Å². The first-order valence-corrected chi connectivity index (χ1v) is 8.23. The third-order valence-electron chi connectivity index (χ3n) is 4.35. The fraction of sp³-hybridized carbons (Fsp3) is 0.611. The predicted octanol–water partition coefficient (Wildman–Crippen LogP) is 3.59. The summed E-state index contributed by atoms with van der Waals surface area (Å²) in [6.07, 6.45) is 2.46. The molecule has 0 saturated carbocycles. The summed E-state index contributed by atoms with van der Waals surface area (Å²) in [4.78, 5) is 12.5. The number of aryl methyl sites for hydroxylation is 1. The number of nitrogens with one attached hydrogen (secondary N) is 1. The van der Waals surface area contributed by atoms with Gasteiger partial charge in [-0.1, -0.05) is 32.9 Å². The quantitative estimate of drug-likeness (QED) is 0.720. The van der Waals surface area contributed by atoms with Crippen molar-refractivity contribution in [2.24, 2.45) is 11.1 Å². The molecule has 0 unspecified atom stereocenters. The number of amides is 1. The second-order valence-corrected chi connectivity index (χ2v) is 5.83. The Bertz CT molecular complexity index is 480. The number of hydrogen-bond donors (Lipinski definition) is 2. The molecule has 23 heavy (non-hydrogen) atoms. The molecule has 0 saturated heterocycles. The molecule has 0 aromatic heterocycles. The highest BCUT2D eigenvalue weighted by molar-refractivity contribution is 5.85. The van der Waals surface area contributed by atoms with E-state index in [0.29, 0.717) is 19.7 Å². The summed E-state index contributed by atoms with van der Waals surface area (Å²) < 4.78 is 5.79. The van der Waals surface area contributed by atoms with E-state index in [9.17, 15) is 4.79 Å². The molecule has 1 aromatic rings. The molecule has 1 aromatic carbocycles. The maximum absolute atomic E-state index is 12.5. The highest BCUT2D eigenvalue weighted by Gasteiger charge is 2.33. The van der Waals surface area contributed by atoms with Gasteiger partial charge in [-0.05, 0) is 37.8 Å². The van der Waals surface area contributed by atoms with Crippen molar-refractivity contribution < 1.29 is 9.53 Å². The first-order chi connectivity index (χ1) is 10.5. The largest absolute Gasteiger partial charge is 0.493 e. The van der Waals surface area contributed by atoms with Crippen LogP contribution in [0.2, 0.25) is 0 Å². The lowest BCUT2D eigenvalue weighted by atomic mass is 9.81. The van der Waals surface area contributed by atoms with Crippen LogP contribution >= 0.6 is 12.4 Å². The summed E-state index contributed by atoms with van der Waals surface area (Å²) in [5.41, 5.74) is 7.52. The van der Waals surface area contributed by atoms with Crippen LogP contribution in [0.25, 0.3) is 0 Å². The summed E-state index contributed by atoms with van der Waals surface area (Å²) in [6, 6.07) is 6.08. The summed E-state index contributed by atoms with van der Waals surface area (Å²) in [5.74, 6) is 0.885. The van der Waals surface area contributed by atoms with Crippen molar-refractivity contribution in [1.29, 1.82) is 0 Å². The van der Waals surface area contributed by atoms with Crippen LogP contribution in [0.5, 0.6) is 5.75 Å². The van der Waals surface area contributed by atoms with Crippen molar-refractivity contribution in [3.63, 3.8) is 0 Å². The van der Waals surface area contributed by atoms with Crippen LogP contribution in [-0.4, -0.2) is 19.1 Å². The Kier molecular flexibility index (Phi) is 9.93. The van der Waals surface area contributed by atoms with Crippen LogP contribution in [0.3, 0.4) is 0 Å². The predicted molar refractivity (Wildman–Crippen MR) is 98.1 cm³/mol. The first kappa shape index (κ1) is 21.7. The minimum Gasteiger partial charge on any atom is -0.493 e. The van der Waals surface area contributed by atoms with Crippen molar-refractivity contribution in [3.05, 3.63) is 29.3 Å². The molecule has 132 valence electrons. The zero-order valence-electron chi connectivity index (χ0n) is 14.8. The fourth-order valence-electron chi connectivity index (χ4n) is 2.47. The van der Waals surface area contributed by atoms with Crippen molar-refractivity contribution in [1.82, 2.24) is 5.32 Å². The molecule has 0 heterocycles. The number of nitrogens with two attached hydrogens (primary N) is 1. The first-order valence-electron chi connectivity index (χ1n) is 8.23. The van der Waals surface area contributed by atoms with E-state index in [2.05, 4.69) is 12.2 Å². The lowest BCUT2D eigenvalue weighted by Gasteiger charge is -2.28. The minimum absolute atomic E-state index is 0. The van der Waals surface area contributed by atoms with Gasteiger partial charge in [-0.15, -0.1) is 12.4 Å². The molecule has 3 N–H and O–H groups in total. The van der Waals surface area contributed by atoms with E-state index in [1.54, 1.807) is 0 Å². The number of carbonyl (C=O) groups excluding carboxylic acids is 1. The van der Waals surface area contributed by atoms with Crippen LogP contribution < -0.4 is 15.8 Å². The summed E-state index contributed by atoms with van der Waals surface area (Å²) in [6.45, 7) is 9.67. The Labute approximate surface area is 146 Å². The molecule has 0 aliphatic heterocycles. The fourth-order valence-corrected chi connectivity index (χ4v) is 2.47. The SMILES string of the molecule is CCCOc1cc(C)ccc1CNC(=O)C(CC)(CC)CN.Cl. The van der Waals surface area contributed by atoms with Gasteiger partial charge in [0.1, 0.15) is 5.75 Å². The molecule has 4 nitrogen and oxygen atoms in total. The molecule has 0 aliphatic rings. The Morgan fingerprint density at radius 2 is 1.91 bits per heavy atom. The number of carbonyl (C=O) groups is 1. The standard InChI is InChI=1S/C18H30N2O2.ClH/c1-5-10-22-16-11-14(4)8-9-15(16)12-20-17(21)18(6-2,7-3)13-19;/h8-9,11H,5-7,10,12-13,19H2,1-4H3,(H,20,21);1H. The van der Waals surface area contributed by atoms with Crippen LogP contribution in [0.15, 0.2) is 18.2 Å². The average Bonchev–Trinajstić information content (AvgIpc) is 2.54. The van der Waals surface area contributed by atoms with Gasteiger partial charge in [0, 0.05) is 18.7 Å². The third-order valence-corrected chi connectivity index (χ3v) is 4.35. The zero-order chi connectivity index (χ0) is 16.6. The average molecular weight is 343 g/mol. The van der Waals surface area contributed by atoms with Gasteiger partial charge in [-0.3, -0.25) is 4.79 Å². The number of hydrogen-bond acceptors (Lipinski definition) is 3. The van der Waals surface area contributed by atoms with E-state index in [1.807, 2.05) is 39.0 Å². The van der Waals surface area contributed by atoms with Gasteiger partial charge in [-0.2, -0.15) is 0 Å².